The van der Waals surface area contributed by atoms with E-state index in [2.05, 4.69) is 305 Å². The second kappa shape index (κ2) is 19.9. The molecule has 0 N–H and O–H groups in total. The van der Waals surface area contributed by atoms with Gasteiger partial charge in [0.15, 0.2) is 0 Å². The van der Waals surface area contributed by atoms with Gasteiger partial charge < -0.3 is 14.2 Å². The summed E-state index contributed by atoms with van der Waals surface area (Å²) in [6.07, 6.45) is 0. The van der Waals surface area contributed by atoms with Crippen LogP contribution in [-0.4, -0.2) is 20.9 Å². The zero-order valence-corrected chi connectivity index (χ0v) is 46.5. The molecule has 9 heteroatoms. The van der Waals surface area contributed by atoms with E-state index in [1.165, 1.54) is 110 Å². The van der Waals surface area contributed by atoms with E-state index in [4.69, 9.17) is 0 Å². The largest absolute Gasteiger partial charge is 0.416 e. The number of rotatable bonds is 9. The standard InChI is InChI=1S/C72H48B3N3S3/c1-4-25-55(26-5-1)76-73(52-45-43-49(44-46-52)58-34-18-37-64-61-31-10-13-40-67(61)79-70(58)64)77(56-27-6-2-7-28-56)75(54-24-17-22-51(48-54)60-36-20-39-66-63-33-12-15-42-69(63)81-72(60)66)78(57-29-8-3-9-30-57)74(76)53-23-16-21-50(47-53)59-35-19-38-65-62-32-11-14-41-68(62)80-71(59)65/h1-48H. The van der Waals surface area contributed by atoms with Crippen molar-refractivity contribution in [1.29, 1.82) is 0 Å². The Balaban J connectivity index is 0.959. The van der Waals surface area contributed by atoms with E-state index in [-0.39, 0.29) is 20.9 Å². The van der Waals surface area contributed by atoms with Crippen molar-refractivity contribution < 1.29 is 0 Å². The van der Waals surface area contributed by atoms with Gasteiger partial charge in [0, 0.05) is 77.6 Å². The number of nitrogens with zero attached hydrogens (tertiary/aromatic N) is 3. The SMILES string of the molecule is c1ccc(N2B(c3ccc(-c4cccc5c4sc4ccccc45)cc3)N(c3ccccc3)B(c3cccc(-c4cccc5c4sc4ccccc45)c3)N(c3ccccc3)B2c2cccc(-c3cccc4c3sc3ccccc34)c2)cc1. The summed E-state index contributed by atoms with van der Waals surface area (Å²) < 4.78 is 15.9. The van der Waals surface area contributed by atoms with Crippen LogP contribution in [0.5, 0.6) is 0 Å². The van der Waals surface area contributed by atoms with Crippen molar-refractivity contribution in [3.63, 3.8) is 0 Å². The van der Waals surface area contributed by atoms with Gasteiger partial charge in [0.2, 0.25) is 0 Å². The van der Waals surface area contributed by atoms with Gasteiger partial charge in [0.25, 0.3) is 0 Å². The average Bonchev–Trinajstić information content (AvgIpc) is 4.28. The molecule has 12 aromatic carbocycles. The third kappa shape index (κ3) is 8.09. The molecule has 0 amide bonds. The highest BCUT2D eigenvalue weighted by atomic mass is 32.1. The van der Waals surface area contributed by atoms with Crippen LogP contribution in [-0.2, 0) is 0 Å². The maximum absolute atomic E-state index is 2.70. The molecule has 16 rings (SSSR count). The molecule has 1 aliphatic heterocycles. The van der Waals surface area contributed by atoms with Crippen molar-refractivity contribution >= 4 is 149 Å². The van der Waals surface area contributed by atoms with Crippen molar-refractivity contribution in [2.75, 3.05) is 14.2 Å². The number of para-hydroxylation sites is 3. The number of anilines is 3. The molecule has 0 bridgehead atoms. The summed E-state index contributed by atoms with van der Waals surface area (Å²) in [7, 11) is 0. The van der Waals surface area contributed by atoms with Crippen molar-refractivity contribution in [2.45, 2.75) is 0 Å². The molecule has 3 aromatic heterocycles. The maximum atomic E-state index is 2.70. The van der Waals surface area contributed by atoms with E-state index in [1.54, 1.807) is 0 Å². The van der Waals surface area contributed by atoms with Crippen molar-refractivity contribution in [1.82, 2.24) is 0 Å². The Morgan fingerprint density at radius 3 is 0.914 bits per heavy atom. The first kappa shape index (κ1) is 47.9. The lowest BCUT2D eigenvalue weighted by Crippen LogP contribution is -2.86. The number of thiophene rings is 3. The molecule has 81 heavy (non-hydrogen) atoms. The Morgan fingerprint density at radius 1 is 0.222 bits per heavy atom. The Hall–Kier alpha value is -9.11. The predicted octanol–water partition coefficient (Wildman–Crippen LogP) is 17.8. The minimum absolute atomic E-state index is 0.316. The van der Waals surface area contributed by atoms with Crippen LogP contribution in [0.2, 0.25) is 0 Å². The third-order valence-electron chi connectivity index (χ3n) is 16.5. The van der Waals surface area contributed by atoms with Crippen molar-refractivity contribution in [3.05, 3.63) is 291 Å². The van der Waals surface area contributed by atoms with Crippen LogP contribution < -0.4 is 30.6 Å². The van der Waals surface area contributed by atoms with Crippen molar-refractivity contribution in [3.8, 4) is 33.4 Å². The third-order valence-corrected chi connectivity index (χ3v) is 20.1. The average molecular weight is 1080 g/mol. The molecule has 0 spiro atoms. The fraction of sp³-hybridized carbons (Fsp3) is 0. The lowest BCUT2D eigenvalue weighted by molar-refractivity contribution is 1.29. The number of fused-ring (bicyclic) bond motifs is 9. The Kier molecular flexibility index (Phi) is 11.8. The zero-order chi connectivity index (χ0) is 53.4. The molecule has 3 nitrogen and oxygen atoms in total. The summed E-state index contributed by atoms with van der Waals surface area (Å²) in [5.41, 5.74) is 14.3. The molecule has 15 aromatic rings. The van der Waals surface area contributed by atoms with E-state index in [0.717, 1.165) is 17.1 Å². The van der Waals surface area contributed by atoms with E-state index in [9.17, 15) is 0 Å². The molecule has 1 fully saturated rings. The summed E-state index contributed by atoms with van der Waals surface area (Å²) in [4.78, 5) is 0. The molecule has 0 radical (unpaired) electrons. The van der Waals surface area contributed by atoms with E-state index in [0.29, 0.717) is 0 Å². The highest BCUT2D eigenvalue weighted by molar-refractivity contribution is 7.27. The lowest BCUT2D eigenvalue weighted by Gasteiger charge is -2.57. The van der Waals surface area contributed by atoms with E-state index >= 15 is 0 Å². The number of hydrogen-bond donors (Lipinski definition) is 0. The fourth-order valence-electron chi connectivity index (χ4n) is 12.9. The molecule has 4 heterocycles. The minimum atomic E-state index is -0.326. The predicted molar refractivity (Wildman–Crippen MR) is 357 cm³/mol. The Labute approximate surface area is 484 Å². The molecule has 1 saturated heterocycles. The minimum Gasteiger partial charge on any atom is -0.416 e. The normalized spacial score (nSPS) is 13.0. The fourth-order valence-corrected chi connectivity index (χ4v) is 16.6. The topological polar surface area (TPSA) is 9.72 Å². The van der Waals surface area contributed by atoms with Crippen molar-refractivity contribution in [2.24, 2.45) is 0 Å². The van der Waals surface area contributed by atoms with Gasteiger partial charge in [-0.3, -0.25) is 0 Å². The van der Waals surface area contributed by atoms with Crippen LogP contribution in [0.4, 0.5) is 17.1 Å². The van der Waals surface area contributed by atoms with Gasteiger partial charge >= 0.3 is 20.9 Å². The van der Waals surface area contributed by atoms with Gasteiger partial charge in [-0.1, -0.05) is 237 Å². The van der Waals surface area contributed by atoms with Gasteiger partial charge in [0.05, 0.1) is 0 Å². The molecule has 378 valence electrons. The van der Waals surface area contributed by atoms with Crippen LogP contribution in [0.1, 0.15) is 0 Å². The lowest BCUT2D eigenvalue weighted by atomic mass is 9.37. The molecule has 0 atom stereocenters. The summed E-state index contributed by atoms with van der Waals surface area (Å²) in [5, 5.41) is 7.81. The quantitative estimate of drug-likeness (QED) is 0.133. The van der Waals surface area contributed by atoms with Crippen LogP contribution >= 0.6 is 34.0 Å². The molecule has 0 saturated carbocycles. The van der Waals surface area contributed by atoms with Gasteiger partial charge in [-0.15, -0.1) is 34.0 Å². The number of benzene rings is 12. The summed E-state index contributed by atoms with van der Waals surface area (Å²) in [6.45, 7) is -0.968. The molecular weight excluding hydrogens is 1040 g/mol. The molecular formula is C72H48B3N3S3. The first-order chi connectivity index (χ1) is 40.2. The van der Waals surface area contributed by atoms with Gasteiger partial charge in [-0.05, 0) is 104 Å². The van der Waals surface area contributed by atoms with Crippen LogP contribution in [0.25, 0.3) is 93.9 Å². The van der Waals surface area contributed by atoms with Crippen LogP contribution in [0, 0.1) is 0 Å². The summed E-state index contributed by atoms with van der Waals surface area (Å²) in [6, 6.07) is 109. The molecule has 0 unspecified atom stereocenters. The van der Waals surface area contributed by atoms with Gasteiger partial charge in [-0.25, -0.2) is 0 Å². The van der Waals surface area contributed by atoms with Crippen LogP contribution in [0.15, 0.2) is 291 Å². The Morgan fingerprint density at radius 2 is 0.531 bits per heavy atom. The highest BCUT2D eigenvalue weighted by Gasteiger charge is 2.56. The first-order valence-corrected chi connectivity index (χ1v) is 30.2. The summed E-state index contributed by atoms with van der Waals surface area (Å²) in [5.74, 6) is 0. The zero-order valence-electron chi connectivity index (χ0n) is 44.0. The summed E-state index contributed by atoms with van der Waals surface area (Å²) >= 11 is 5.66. The number of hydrogen-bond acceptors (Lipinski definition) is 6. The maximum Gasteiger partial charge on any atom is 0.388 e. The highest BCUT2D eigenvalue weighted by Crippen LogP contribution is 2.44. The molecule has 1 aliphatic rings. The van der Waals surface area contributed by atoms with Gasteiger partial charge in [0.1, 0.15) is 0 Å². The first-order valence-electron chi connectivity index (χ1n) is 27.7. The second-order valence-electron chi connectivity index (χ2n) is 21.1. The smallest absolute Gasteiger partial charge is 0.388 e. The monoisotopic (exact) mass is 1080 g/mol. The molecule has 0 aliphatic carbocycles. The van der Waals surface area contributed by atoms with Gasteiger partial charge in [-0.2, -0.15) is 0 Å². The van der Waals surface area contributed by atoms with E-state index in [1.807, 2.05) is 34.0 Å². The Bertz CT molecular complexity index is 4620. The van der Waals surface area contributed by atoms with Crippen LogP contribution in [0.3, 0.4) is 0 Å². The van der Waals surface area contributed by atoms with E-state index < -0.39 is 0 Å². The second-order valence-corrected chi connectivity index (χ2v) is 24.2.